The zero-order chi connectivity index (χ0) is 11.8. The summed E-state index contributed by atoms with van der Waals surface area (Å²) in [6, 6.07) is 2.03. The number of rotatable bonds is 3. The van der Waals surface area contributed by atoms with Crippen LogP contribution in [0.25, 0.3) is 11.5 Å². The van der Waals surface area contributed by atoms with Crippen molar-refractivity contribution in [3.05, 3.63) is 18.5 Å². The molecule has 1 unspecified atom stereocenters. The molecule has 5 nitrogen and oxygen atoms in total. The summed E-state index contributed by atoms with van der Waals surface area (Å²) in [5.74, 6) is 1.88. The Kier molecular flexibility index (Phi) is 2.48. The molecular formula is C12H17N5. The fourth-order valence-corrected chi connectivity index (χ4v) is 2.46. The molecule has 3 aliphatic heterocycles. The van der Waals surface area contributed by atoms with Crippen LogP contribution in [0.5, 0.6) is 0 Å². The van der Waals surface area contributed by atoms with Gasteiger partial charge in [-0.2, -0.15) is 0 Å². The lowest BCUT2D eigenvalue weighted by atomic mass is 10.2. The second-order valence-electron chi connectivity index (χ2n) is 4.51. The van der Waals surface area contributed by atoms with Gasteiger partial charge in [0.2, 0.25) is 0 Å². The van der Waals surface area contributed by atoms with Gasteiger partial charge >= 0.3 is 0 Å². The summed E-state index contributed by atoms with van der Waals surface area (Å²) in [7, 11) is 2.08. The minimum absolute atomic E-state index is 0.361. The van der Waals surface area contributed by atoms with Gasteiger partial charge in [0.1, 0.15) is 12.0 Å². The van der Waals surface area contributed by atoms with Crippen LogP contribution in [0.15, 0.2) is 18.5 Å². The molecule has 3 rings (SSSR count). The van der Waals surface area contributed by atoms with E-state index in [-0.39, 0.29) is 0 Å². The molecule has 0 spiro atoms. The highest BCUT2D eigenvalue weighted by atomic mass is 15.6. The first-order valence-corrected chi connectivity index (χ1v) is 6.12. The van der Waals surface area contributed by atoms with Gasteiger partial charge in [-0.05, 0) is 12.5 Å². The summed E-state index contributed by atoms with van der Waals surface area (Å²) < 4.78 is 2.30. The second kappa shape index (κ2) is 4.00. The third-order valence-electron chi connectivity index (χ3n) is 3.34. The fraction of sp³-hybridized carbons (Fsp3) is 0.500. The molecule has 0 aliphatic carbocycles. The first kappa shape index (κ1) is 10.5. The van der Waals surface area contributed by atoms with Gasteiger partial charge in [-0.3, -0.25) is 0 Å². The van der Waals surface area contributed by atoms with Gasteiger partial charge in [-0.15, -0.1) is 0 Å². The SMILES string of the molecule is CCCCC1N(C)Nc2cnc3nccc-3n21. The quantitative estimate of drug-likeness (QED) is 0.880. The number of hydrogen-bond acceptors (Lipinski definition) is 4. The Labute approximate surface area is 101 Å². The van der Waals surface area contributed by atoms with Crippen molar-refractivity contribution in [3.8, 4) is 11.5 Å². The number of hydrogen-bond donors (Lipinski definition) is 1. The molecule has 0 saturated heterocycles. The number of unbranched alkanes of at least 4 members (excludes halogenated alkanes) is 1. The van der Waals surface area contributed by atoms with E-state index in [1.54, 1.807) is 0 Å². The van der Waals surface area contributed by atoms with E-state index in [2.05, 4.69) is 38.9 Å². The van der Waals surface area contributed by atoms with Crippen LogP contribution in [0.2, 0.25) is 0 Å². The molecule has 0 fully saturated rings. The largest absolute Gasteiger partial charge is 0.304 e. The molecule has 0 aromatic carbocycles. The lowest BCUT2D eigenvalue weighted by Crippen LogP contribution is -2.25. The Morgan fingerprint density at radius 2 is 2.29 bits per heavy atom. The standard InChI is InChI=1S/C12H17N5/c1-3-4-5-11-16(2)15-10-8-14-12-9(17(10)11)6-7-13-12/h6-8,11,15H,3-5H2,1-2H3. The summed E-state index contributed by atoms with van der Waals surface area (Å²) in [4.78, 5) is 8.60. The highest BCUT2D eigenvalue weighted by molar-refractivity contribution is 5.58. The van der Waals surface area contributed by atoms with Crippen LogP contribution in [0.3, 0.4) is 0 Å². The van der Waals surface area contributed by atoms with Crippen LogP contribution in [0, 0.1) is 0 Å². The maximum absolute atomic E-state index is 4.34. The predicted octanol–water partition coefficient (Wildman–Crippen LogP) is 2.34. The van der Waals surface area contributed by atoms with Gasteiger partial charge in [0, 0.05) is 13.2 Å². The Hall–Kier alpha value is -1.62. The summed E-state index contributed by atoms with van der Waals surface area (Å²) in [6.45, 7) is 2.22. The van der Waals surface area contributed by atoms with E-state index in [1.165, 1.54) is 12.8 Å². The molecule has 0 aromatic rings. The van der Waals surface area contributed by atoms with Crippen molar-refractivity contribution in [2.45, 2.75) is 32.4 Å². The van der Waals surface area contributed by atoms with Crippen molar-refractivity contribution in [1.29, 1.82) is 0 Å². The molecule has 0 radical (unpaired) electrons. The van der Waals surface area contributed by atoms with Crippen molar-refractivity contribution in [2.24, 2.45) is 0 Å². The van der Waals surface area contributed by atoms with Crippen molar-refractivity contribution in [3.63, 3.8) is 0 Å². The van der Waals surface area contributed by atoms with Gasteiger partial charge in [-0.1, -0.05) is 19.8 Å². The number of anilines is 1. The van der Waals surface area contributed by atoms with Gasteiger partial charge in [-0.25, -0.2) is 15.0 Å². The van der Waals surface area contributed by atoms with Gasteiger partial charge in [0.25, 0.3) is 0 Å². The topological polar surface area (TPSA) is 46.0 Å². The van der Waals surface area contributed by atoms with Crippen LogP contribution in [-0.2, 0) is 0 Å². The number of nitrogens with zero attached hydrogens (tertiary/aromatic N) is 4. The number of fused-ring (bicyclic) bond motifs is 3. The lowest BCUT2D eigenvalue weighted by Gasteiger charge is -2.21. The molecule has 5 heteroatoms. The zero-order valence-electron chi connectivity index (χ0n) is 10.2. The van der Waals surface area contributed by atoms with Crippen LogP contribution >= 0.6 is 0 Å². The Morgan fingerprint density at radius 1 is 1.41 bits per heavy atom. The molecule has 0 aromatic heterocycles. The normalized spacial score (nSPS) is 19.5. The van der Waals surface area contributed by atoms with E-state index < -0.39 is 0 Å². The van der Waals surface area contributed by atoms with Crippen LogP contribution < -0.4 is 5.43 Å². The number of aromatic nitrogens is 3. The van der Waals surface area contributed by atoms with E-state index in [1.807, 2.05) is 18.5 Å². The van der Waals surface area contributed by atoms with Crippen LogP contribution in [-0.4, -0.2) is 26.6 Å². The molecule has 0 saturated carbocycles. The minimum Gasteiger partial charge on any atom is -0.304 e. The smallest absolute Gasteiger partial charge is 0.176 e. The third kappa shape index (κ3) is 1.58. The number of nitrogens with one attached hydrogen (secondary N) is 1. The maximum Gasteiger partial charge on any atom is 0.176 e. The first-order valence-electron chi connectivity index (χ1n) is 6.12. The van der Waals surface area contributed by atoms with Crippen molar-refractivity contribution in [2.75, 3.05) is 12.5 Å². The molecule has 17 heavy (non-hydrogen) atoms. The Bertz CT molecular complexity index is 492. The second-order valence-corrected chi connectivity index (χ2v) is 4.51. The molecule has 1 N–H and O–H groups in total. The Morgan fingerprint density at radius 3 is 3.12 bits per heavy atom. The average molecular weight is 231 g/mol. The van der Waals surface area contributed by atoms with E-state index in [0.717, 1.165) is 23.8 Å². The van der Waals surface area contributed by atoms with E-state index in [4.69, 9.17) is 0 Å². The lowest BCUT2D eigenvalue weighted by molar-refractivity contribution is 0.236. The Balaban J connectivity index is 2.03. The van der Waals surface area contributed by atoms with Gasteiger partial charge in [0.15, 0.2) is 5.82 Å². The van der Waals surface area contributed by atoms with Gasteiger partial charge < -0.3 is 9.99 Å². The maximum atomic E-state index is 4.34. The van der Waals surface area contributed by atoms with Crippen LogP contribution in [0.4, 0.5) is 5.82 Å². The molecular weight excluding hydrogens is 214 g/mol. The average Bonchev–Trinajstić information content (AvgIpc) is 2.89. The third-order valence-corrected chi connectivity index (χ3v) is 3.34. The van der Waals surface area contributed by atoms with E-state index in [9.17, 15) is 0 Å². The summed E-state index contributed by atoms with van der Waals surface area (Å²) in [6.07, 6.45) is 7.62. The molecule has 0 bridgehead atoms. The van der Waals surface area contributed by atoms with Crippen molar-refractivity contribution in [1.82, 2.24) is 19.5 Å². The van der Waals surface area contributed by atoms with Crippen molar-refractivity contribution >= 4 is 5.82 Å². The molecule has 90 valence electrons. The van der Waals surface area contributed by atoms with Crippen LogP contribution in [0.1, 0.15) is 32.4 Å². The number of hydrazine groups is 1. The van der Waals surface area contributed by atoms with Gasteiger partial charge in [0.05, 0.1) is 11.9 Å². The zero-order valence-corrected chi connectivity index (χ0v) is 10.2. The molecule has 3 heterocycles. The predicted molar refractivity (Wildman–Crippen MR) is 66.6 cm³/mol. The molecule has 1 atom stereocenters. The minimum atomic E-state index is 0.361. The summed E-state index contributed by atoms with van der Waals surface area (Å²) >= 11 is 0. The van der Waals surface area contributed by atoms with E-state index >= 15 is 0 Å². The van der Waals surface area contributed by atoms with E-state index in [0.29, 0.717) is 6.17 Å². The highest BCUT2D eigenvalue weighted by Gasteiger charge is 2.29. The fourth-order valence-electron chi connectivity index (χ4n) is 2.46. The highest BCUT2D eigenvalue weighted by Crippen LogP contribution is 2.35. The monoisotopic (exact) mass is 231 g/mol. The summed E-state index contributed by atoms with van der Waals surface area (Å²) in [5, 5.41) is 2.15. The summed E-state index contributed by atoms with van der Waals surface area (Å²) in [5.41, 5.74) is 4.46. The molecule has 0 amide bonds. The van der Waals surface area contributed by atoms with Crippen molar-refractivity contribution < 1.29 is 0 Å². The molecule has 3 aliphatic rings. The first-order chi connectivity index (χ1) is 8.31.